The molecule has 1 saturated heterocycles. The quantitative estimate of drug-likeness (QED) is 0.726. The van der Waals surface area contributed by atoms with Crippen molar-refractivity contribution in [1.29, 1.82) is 0 Å². The van der Waals surface area contributed by atoms with Crippen molar-refractivity contribution >= 4 is 0 Å². The van der Waals surface area contributed by atoms with Gasteiger partial charge in [-0.1, -0.05) is 6.07 Å². The predicted molar refractivity (Wildman–Crippen MR) is 65.3 cm³/mol. The molecule has 0 aromatic heterocycles. The van der Waals surface area contributed by atoms with Crippen molar-refractivity contribution < 1.29 is 26.3 Å². The normalized spacial score (nSPS) is 18.0. The molecule has 0 N–H and O–H groups in total. The summed E-state index contributed by atoms with van der Waals surface area (Å²) in [5.41, 5.74) is -2.59. The molecule has 2 rings (SSSR count). The second-order valence-electron chi connectivity index (χ2n) is 5.01. The molecule has 117 valence electrons. The highest BCUT2D eigenvalue weighted by Crippen LogP contribution is 2.37. The first-order valence-electron chi connectivity index (χ1n) is 6.49. The summed E-state index contributed by atoms with van der Waals surface area (Å²) in [6.45, 7) is 1.26. The number of nitrogens with zero attached hydrogens (tertiary/aromatic N) is 1. The van der Waals surface area contributed by atoms with Gasteiger partial charge in [0, 0.05) is 6.54 Å². The zero-order valence-electron chi connectivity index (χ0n) is 11.1. The zero-order valence-corrected chi connectivity index (χ0v) is 11.1. The summed E-state index contributed by atoms with van der Waals surface area (Å²) < 4.78 is 76.6. The summed E-state index contributed by atoms with van der Waals surface area (Å²) in [7, 11) is 0. The summed E-state index contributed by atoms with van der Waals surface area (Å²) in [6.07, 6.45) is -5.96. The molecule has 0 atom stereocenters. The third kappa shape index (κ3) is 4.12. The number of hydrogen-bond acceptors (Lipinski definition) is 1. The minimum Gasteiger partial charge on any atom is -0.299 e. The average molecular weight is 310 g/mol. The standard InChI is InChI=1S/C14H14F6N/c15-13(16,17)11-5-4-10(12(8-11)14(18,19)20)9-21-6-2-1-3-7-21/h1,4-5,8H,2-3,6-7,9H2. The van der Waals surface area contributed by atoms with E-state index in [1.54, 1.807) is 0 Å². The molecule has 1 aromatic rings. The number of piperidine rings is 1. The van der Waals surface area contributed by atoms with Crippen molar-refractivity contribution in [2.45, 2.75) is 31.7 Å². The van der Waals surface area contributed by atoms with Gasteiger partial charge in [0.15, 0.2) is 0 Å². The van der Waals surface area contributed by atoms with Gasteiger partial charge in [0.2, 0.25) is 0 Å². The molecule has 0 spiro atoms. The van der Waals surface area contributed by atoms with Crippen molar-refractivity contribution in [2.75, 3.05) is 13.1 Å². The van der Waals surface area contributed by atoms with Crippen LogP contribution in [0.15, 0.2) is 18.2 Å². The number of rotatable bonds is 2. The largest absolute Gasteiger partial charge is 0.416 e. The predicted octanol–water partition coefficient (Wildman–Crippen LogP) is 4.52. The van der Waals surface area contributed by atoms with Crippen molar-refractivity contribution in [3.05, 3.63) is 41.3 Å². The smallest absolute Gasteiger partial charge is 0.299 e. The van der Waals surface area contributed by atoms with Crippen LogP contribution >= 0.6 is 0 Å². The molecule has 1 heterocycles. The van der Waals surface area contributed by atoms with Gasteiger partial charge in [0.05, 0.1) is 11.1 Å². The van der Waals surface area contributed by atoms with Crippen LogP contribution in [0.1, 0.15) is 29.5 Å². The fourth-order valence-corrected chi connectivity index (χ4v) is 2.36. The molecule has 1 aliphatic rings. The fourth-order valence-electron chi connectivity index (χ4n) is 2.36. The molecular weight excluding hydrogens is 296 g/mol. The maximum absolute atomic E-state index is 13.0. The van der Waals surface area contributed by atoms with E-state index in [1.165, 1.54) is 0 Å². The maximum Gasteiger partial charge on any atom is 0.416 e. The minimum absolute atomic E-state index is 0.0147. The van der Waals surface area contributed by atoms with Crippen molar-refractivity contribution in [2.24, 2.45) is 0 Å². The van der Waals surface area contributed by atoms with Gasteiger partial charge in [0.1, 0.15) is 0 Å². The monoisotopic (exact) mass is 310 g/mol. The molecule has 1 radical (unpaired) electrons. The Morgan fingerprint density at radius 3 is 2.05 bits per heavy atom. The van der Waals surface area contributed by atoms with Crippen molar-refractivity contribution in [3.63, 3.8) is 0 Å². The van der Waals surface area contributed by atoms with Gasteiger partial charge in [-0.2, -0.15) is 26.3 Å². The minimum atomic E-state index is -4.79. The lowest BCUT2D eigenvalue weighted by Crippen LogP contribution is -2.30. The van der Waals surface area contributed by atoms with Crippen LogP contribution in [0, 0.1) is 6.42 Å². The third-order valence-corrected chi connectivity index (χ3v) is 3.44. The molecule has 1 aromatic carbocycles. The number of benzene rings is 1. The Balaban J connectivity index is 2.31. The lowest BCUT2D eigenvalue weighted by atomic mass is 10.0. The molecule has 0 saturated carbocycles. The summed E-state index contributed by atoms with van der Waals surface area (Å²) in [5.74, 6) is 0. The number of halogens is 6. The van der Waals surface area contributed by atoms with Crippen LogP contribution in [-0.2, 0) is 18.9 Å². The van der Waals surface area contributed by atoms with E-state index in [0.717, 1.165) is 18.9 Å². The van der Waals surface area contributed by atoms with E-state index in [9.17, 15) is 26.3 Å². The van der Waals surface area contributed by atoms with Gasteiger partial charge in [-0.25, -0.2) is 0 Å². The van der Waals surface area contributed by atoms with Gasteiger partial charge in [-0.05, 0) is 50.0 Å². The second-order valence-corrected chi connectivity index (χ2v) is 5.01. The highest BCUT2D eigenvalue weighted by molar-refractivity contribution is 5.35. The Kier molecular flexibility index (Phi) is 4.51. The van der Waals surface area contributed by atoms with Crippen molar-refractivity contribution in [3.8, 4) is 0 Å². The summed E-state index contributed by atoms with van der Waals surface area (Å²) >= 11 is 0. The van der Waals surface area contributed by atoms with Crippen LogP contribution in [0.3, 0.4) is 0 Å². The van der Waals surface area contributed by atoms with Crippen LogP contribution in [0.2, 0.25) is 0 Å². The van der Waals surface area contributed by atoms with Gasteiger partial charge in [0.25, 0.3) is 0 Å². The van der Waals surface area contributed by atoms with Crippen LogP contribution in [-0.4, -0.2) is 18.0 Å². The zero-order chi connectivity index (χ0) is 15.7. The molecule has 0 bridgehead atoms. The maximum atomic E-state index is 13.0. The highest BCUT2D eigenvalue weighted by Gasteiger charge is 2.38. The van der Waals surface area contributed by atoms with Gasteiger partial charge in [-0.3, -0.25) is 4.90 Å². The number of likely N-dealkylation sites (tertiary alicyclic amines) is 1. The third-order valence-electron chi connectivity index (χ3n) is 3.44. The molecule has 0 aliphatic carbocycles. The first-order chi connectivity index (χ1) is 9.68. The van der Waals surface area contributed by atoms with E-state index in [-0.39, 0.29) is 18.2 Å². The lowest BCUT2D eigenvalue weighted by Gasteiger charge is -2.27. The van der Waals surface area contributed by atoms with E-state index in [4.69, 9.17) is 0 Å². The van der Waals surface area contributed by atoms with E-state index < -0.39 is 23.5 Å². The highest BCUT2D eigenvalue weighted by atomic mass is 19.4. The topological polar surface area (TPSA) is 3.24 Å². The molecule has 1 fully saturated rings. The van der Waals surface area contributed by atoms with Gasteiger partial charge < -0.3 is 0 Å². The van der Waals surface area contributed by atoms with E-state index in [0.29, 0.717) is 19.2 Å². The van der Waals surface area contributed by atoms with Crippen LogP contribution in [0.5, 0.6) is 0 Å². The van der Waals surface area contributed by atoms with E-state index >= 15 is 0 Å². The Bertz CT molecular complexity index is 485. The molecule has 1 nitrogen and oxygen atoms in total. The van der Waals surface area contributed by atoms with Crippen LogP contribution in [0.4, 0.5) is 26.3 Å². The summed E-state index contributed by atoms with van der Waals surface area (Å²) in [5, 5.41) is 0. The van der Waals surface area contributed by atoms with Crippen LogP contribution in [0.25, 0.3) is 0 Å². The van der Waals surface area contributed by atoms with Crippen LogP contribution < -0.4 is 0 Å². The van der Waals surface area contributed by atoms with Gasteiger partial charge in [-0.15, -0.1) is 0 Å². The van der Waals surface area contributed by atoms with E-state index in [2.05, 4.69) is 0 Å². The first-order valence-corrected chi connectivity index (χ1v) is 6.49. The molecule has 7 heteroatoms. The molecule has 0 unspecified atom stereocenters. The van der Waals surface area contributed by atoms with E-state index in [1.807, 2.05) is 11.3 Å². The Hall–Kier alpha value is -1.24. The molecular formula is C14H14F6N. The first kappa shape index (κ1) is 16.1. The molecule has 21 heavy (non-hydrogen) atoms. The SMILES string of the molecule is FC(F)(F)c1ccc(CN2CC[CH]CC2)c(C(F)(F)F)c1. The number of alkyl halides is 6. The Labute approximate surface area is 118 Å². The molecule has 1 aliphatic heterocycles. The average Bonchev–Trinajstić information content (AvgIpc) is 2.38. The van der Waals surface area contributed by atoms with Gasteiger partial charge >= 0.3 is 12.4 Å². The molecule has 0 amide bonds. The summed E-state index contributed by atoms with van der Waals surface area (Å²) in [6, 6.07) is 1.84. The summed E-state index contributed by atoms with van der Waals surface area (Å²) in [4.78, 5) is 1.82. The lowest BCUT2D eigenvalue weighted by molar-refractivity contribution is -0.143. The second kappa shape index (κ2) is 5.87. The van der Waals surface area contributed by atoms with Crippen molar-refractivity contribution in [1.82, 2.24) is 4.90 Å². The Morgan fingerprint density at radius 1 is 0.905 bits per heavy atom. The fraction of sp³-hybridized carbons (Fsp3) is 0.500. The Morgan fingerprint density at radius 2 is 1.52 bits per heavy atom. The number of hydrogen-bond donors (Lipinski definition) is 0.